The van der Waals surface area contributed by atoms with E-state index in [0.717, 1.165) is 4.90 Å². The van der Waals surface area contributed by atoms with Crippen molar-refractivity contribution in [2.45, 2.75) is 42.8 Å². The number of nitrogens with zero attached hydrogens (tertiary/aromatic N) is 1. The Morgan fingerprint density at radius 2 is 2.15 bits per heavy atom. The number of carbonyl (C=O) groups is 2. The molecule has 1 saturated carbocycles. The smallest absolute Gasteiger partial charge is 0.357 e. The fourth-order valence-electron chi connectivity index (χ4n) is 2.80. The van der Waals surface area contributed by atoms with Gasteiger partial charge in [0.05, 0.1) is 12.2 Å². The minimum absolute atomic E-state index is 0.186. The third-order valence-corrected chi connectivity index (χ3v) is 6.17. The van der Waals surface area contributed by atoms with E-state index in [1.807, 2.05) is 12.1 Å². The molecule has 0 bridgehead atoms. The van der Waals surface area contributed by atoms with E-state index in [4.69, 9.17) is 10.5 Å². The molecule has 3 rings (SSSR count). The zero-order valence-corrected chi connectivity index (χ0v) is 16.1. The van der Waals surface area contributed by atoms with Gasteiger partial charge in [-0.15, -0.1) is 23.1 Å². The van der Waals surface area contributed by atoms with Crippen LogP contribution >= 0.6 is 23.1 Å². The molecule has 2 aromatic rings. The normalized spacial score (nSPS) is 14.3. The van der Waals surface area contributed by atoms with E-state index < -0.39 is 5.97 Å². The van der Waals surface area contributed by atoms with Crippen LogP contribution in [-0.4, -0.2) is 28.7 Å². The third kappa shape index (κ3) is 4.56. The van der Waals surface area contributed by atoms with Gasteiger partial charge in [0.15, 0.2) is 10.8 Å². The van der Waals surface area contributed by atoms with Crippen LogP contribution in [0.25, 0.3) is 0 Å². The number of hydrogen-bond acceptors (Lipinski definition) is 7. The van der Waals surface area contributed by atoms with Crippen molar-refractivity contribution < 1.29 is 14.3 Å². The second-order valence-corrected chi connectivity index (χ2v) is 8.22. The second-order valence-electron chi connectivity index (χ2n) is 5.99. The predicted molar refractivity (Wildman–Crippen MR) is 105 cm³/mol. The van der Waals surface area contributed by atoms with Crippen LogP contribution in [0.15, 0.2) is 28.5 Å². The van der Waals surface area contributed by atoms with E-state index in [0.29, 0.717) is 21.6 Å². The molecule has 1 aromatic carbocycles. The highest BCUT2D eigenvalue weighted by molar-refractivity contribution is 8.00. The molecule has 0 atom stereocenters. The van der Waals surface area contributed by atoms with Crippen molar-refractivity contribution in [2.75, 3.05) is 17.7 Å². The highest BCUT2D eigenvalue weighted by atomic mass is 32.2. The number of aromatic nitrogens is 1. The Labute approximate surface area is 160 Å². The molecule has 138 valence electrons. The van der Waals surface area contributed by atoms with Gasteiger partial charge in [-0.2, -0.15) is 0 Å². The first kappa shape index (κ1) is 18.7. The van der Waals surface area contributed by atoms with Gasteiger partial charge in [0.25, 0.3) is 5.91 Å². The molecule has 0 saturated heterocycles. The molecular formula is C18H21N3O3S2. The number of hydrogen-bond donors (Lipinski definition) is 2. The highest BCUT2D eigenvalue weighted by Crippen LogP contribution is 2.35. The van der Waals surface area contributed by atoms with E-state index >= 15 is 0 Å². The molecule has 6 nitrogen and oxygen atoms in total. The summed E-state index contributed by atoms with van der Waals surface area (Å²) in [4.78, 5) is 29.4. The van der Waals surface area contributed by atoms with Crippen LogP contribution in [-0.2, 0) is 4.74 Å². The second kappa shape index (κ2) is 8.55. The van der Waals surface area contributed by atoms with Crippen molar-refractivity contribution in [3.63, 3.8) is 0 Å². The summed E-state index contributed by atoms with van der Waals surface area (Å²) in [6.07, 6.45) is 4.97. The molecule has 0 unspecified atom stereocenters. The minimum Gasteiger partial charge on any atom is -0.461 e. The summed E-state index contributed by atoms with van der Waals surface area (Å²) in [7, 11) is 0. The Hall–Kier alpha value is -2.06. The fourth-order valence-corrected chi connectivity index (χ4v) is 4.76. The van der Waals surface area contributed by atoms with E-state index in [9.17, 15) is 9.59 Å². The molecule has 0 aliphatic heterocycles. The average molecular weight is 392 g/mol. The Balaban J connectivity index is 1.69. The number of thiazole rings is 1. The number of thioether (sulfide) groups is 1. The molecule has 1 heterocycles. The minimum atomic E-state index is -0.501. The summed E-state index contributed by atoms with van der Waals surface area (Å²) in [5.41, 5.74) is 7.00. The van der Waals surface area contributed by atoms with E-state index in [1.54, 1.807) is 30.1 Å². The van der Waals surface area contributed by atoms with Gasteiger partial charge in [0.1, 0.15) is 0 Å². The lowest BCUT2D eigenvalue weighted by atomic mass is 10.1. The zero-order chi connectivity index (χ0) is 18.5. The fraction of sp³-hybridized carbons (Fsp3) is 0.389. The average Bonchev–Trinajstić information content (AvgIpc) is 3.29. The van der Waals surface area contributed by atoms with Crippen molar-refractivity contribution in [3.05, 3.63) is 34.8 Å². The Morgan fingerprint density at radius 3 is 2.88 bits per heavy atom. The van der Waals surface area contributed by atoms with Gasteiger partial charge < -0.3 is 10.5 Å². The maximum absolute atomic E-state index is 12.6. The maximum Gasteiger partial charge on any atom is 0.357 e. The van der Waals surface area contributed by atoms with Gasteiger partial charge in [-0.3, -0.25) is 10.1 Å². The van der Waals surface area contributed by atoms with Crippen LogP contribution in [0, 0.1) is 0 Å². The topological polar surface area (TPSA) is 94.3 Å². The van der Waals surface area contributed by atoms with Crippen molar-refractivity contribution >= 4 is 45.8 Å². The number of ether oxygens (including phenoxy) is 1. The molecule has 1 aliphatic carbocycles. The van der Waals surface area contributed by atoms with Crippen molar-refractivity contribution in [1.29, 1.82) is 0 Å². The summed E-state index contributed by atoms with van der Waals surface area (Å²) >= 11 is 2.97. The predicted octanol–water partition coefficient (Wildman–Crippen LogP) is 4.19. The first-order valence-electron chi connectivity index (χ1n) is 8.57. The van der Waals surface area contributed by atoms with Gasteiger partial charge in [0, 0.05) is 21.2 Å². The largest absolute Gasteiger partial charge is 0.461 e. The standard InChI is InChI=1S/C18H21N3O3S2/c1-2-24-17(23)15-10-25-18(20-15)21-16(22)13-9-12(7-8-14(13)19)26-11-5-3-4-6-11/h7-11H,2-6,19H2,1H3,(H,20,21,22). The summed E-state index contributed by atoms with van der Waals surface area (Å²) in [5, 5.41) is 5.22. The number of nitrogens with one attached hydrogen (secondary N) is 1. The molecule has 1 fully saturated rings. The van der Waals surface area contributed by atoms with Crippen LogP contribution in [0.4, 0.5) is 10.8 Å². The monoisotopic (exact) mass is 391 g/mol. The molecule has 8 heteroatoms. The quantitative estimate of drug-likeness (QED) is 0.566. The van der Waals surface area contributed by atoms with Gasteiger partial charge in [-0.05, 0) is 38.0 Å². The third-order valence-electron chi connectivity index (χ3n) is 4.08. The number of amides is 1. The summed E-state index contributed by atoms with van der Waals surface area (Å²) < 4.78 is 4.90. The van der Waals surface area contributed by atoms with E-state index in [-0.39, 0.29) is 18.2 Å². The van der Waals surface area contributed by atoms with Crippen LogP contribution < -0.4 is 11.1 Å². The molecule has 1 amide bonds. The molecule has 0 radical (unpaired) electrons. The van der Waals surface area contributed by atoms with Gasteiger partial charge in [0.2, 0.25) is 0 Å². The number of carbonyl (C=O) groups excluding carboxylic acids is 2. The van der Waals surface area contributed by atoms with Crippen LogP contribution in [0.5, 0.6) is 0 Å². The van der Waals surface area contributed by atoms with Crippen LogP contribution in [0.3, 0.4) is 0 Å². The first-order valence-corrected chi connectivity index (χ1v) is 10.3. The number of rotatable bonds is 6. The Bertz CT molecular complexity index is 801. The number of anilines is 2. The van der Waals surface area contributed by atoms with E-state index in [2.05, 4.69) is 10.3 Å². The lowest BCUT2D eigenvalue weighted by molar-refractivity contribution is 0.0520. The molecule has 1 aromatic heterocycles. The van der Waals surface area contributed by atoms with Crippen molar-refractivity contribution in [2.24, 2.45) is 0 Å². The first-order chi connectivity index (χ1) is 12.6. The molecular weight excluding hydrogens is 370 g/mol. The summed E-state index contributed by atoms with van der Waals surface area (Å²) in [5.74, 6) is -0.833. The maximum atomic E-state index is 12.6. The molecule has 26 heavy (non-hydrogen) atoms. The van der Waals surface area contributed by atoms with Gasteiger partial charge in [-0.25, -0.2) is 9.78 Å². The Kier molecular flexibility index (Phi) is 6.16. The number of nitrogen functional groups attached to an aromatic ring is 1. The zero-order valence-electron chi connectivity index (χ0n) is 14.5. The van der Waals surface area contributed by atoms with E-state index in [1.165, 1.54) is 37.0 Å². The molecule has 3 N–H and O–H groups in total. The number of nitrogens with two attached hydrogens (primary N) is 1. The van der Waals surface area contributed by atoms with Crippen molar-refractivity contribution in [1.82, 2.24) is 4.98 Å². The Morgan fingerprint density at radius 1 is 1.38 bits per heavy atom. The van der Waals surface area contributed by atoms with Crippen molar-refractivity contribution in [3.8, 4) is 0 Å². The van der Waals surface area contributed by atoms with Crippen LogP contribution in [0.2, 0.25) is 0 Å². The molecule has 1 aliphatic rings. The van der Waals surface area contributed by atoms with Gasteiger partial charge >= 0.3 is 5.97 Å². The SMILES string of the molecule is CCOC(=O)c1csc(NC(=O)c2cc(SC3CCCC3)ccc2N)n1. The van der Waals surface area contributed by atoms with Crippen LogP contribution in [0.1, 0.15) is 53.5 Å². The highest BCUT2D eigenvalue weighted by Gasteiger charge is 2.19. The lowest BCUT2D eigenvalue weighted by Crippen LogP contribution is -2.14. The molecule has 0 spiro atoms. The number of esters is 1. The summed E-state index contributed by atoms with van der Waals surface area (Å²) in [6.45, 7) is 2.01. The lowest BCUT2D eigenvalue weighted by Gasteiger charge is -2.11. The summed E-state index contributed by atoms with van der Waals surface area (Å²) in [6, 6.07) is 5.54. The van der Waals surface area contributed by atoms with Gasteiger partial charge in [-0.1, -0.05) is 12.8 Å². The number of benzene rings is 1.